The molecule has 0 aromatic heterocycles. The van der Waals surface area contributed by atoms with Crippen molar-refractivity contribution in [1.29, 1.82) is 0 Å². The molecule has 2 aliphatic rings. The van der Waals surface area contributed by atoms with Crippen LogP contribution in [0.3, 0.4) is 0 Å². The maximum Gasteiger partial charge on any atom is 0.319 e. The molecule has 4 heteroatoms. The molecule has 0 atom stereocenters. The lowest BCUT2D eigenvalue weighted by atomic mass is 10.2. The topological polar surface area (TPSA) is 38.8 Å². The van der Waals surface area contributed by atoms with Crippen LogP contribution in [0.1, 0.15) is 12.8 Å². The SMILES string of the molecule is COC(=O)CN1CCOCC12CC2. The van der Waals surface area contributed by atoms with Gasteiger partial charge in [-0.3, -0.25) is 9.69 Å². The second-order valence-corrected chi connectivity index (χ2v) is 3.77. The molecule has 1 aliphatic heterocycles. The maximum atomic E-state index is 11.1. The lowest BCUT2D eigenvalue weighted by Crippen LogP contribution is -2.49. The number of hydrogen-bond acceptors (Lipinski definition) is 4. The van der Waals surface area contributed by atoms with Crippen LogP contribution in [0, 0.1) is 0 Å². The van der Waals surface area contributed by atoms with Crippen LogP contribution in [0.4, 0.5) is 0 Å². The van der Waals surface area contributed by atoms with Crippen LogP contribution in [0.15, 0.2) is 0 Å². The molecule has 13 heavy (non-hydrogen) atoms. The Morgan fingerprint density at radius 1 is 1.62 bits per heavy atom. The molecule has 0 bridgehead atoms. The van der Waals surface area contributed by atoms with Crippen LogP contribution in [-0.4, -0.2) is 49.8 Å². The molecule has 0 unspecified atom stereocenters. The summed E-state index contributed by atoms with van der Waals surface area (Å²) < 4.78 is 10.1. The molecular formula is C9H15NO3. The number of carbonyl (C=O) groups is 1. The minimum Gasteiger partial charge on any atom is -0.468 e. The van der Waals surface area contributed by atoms with Gasteiger partial charge in [0, 0.05) is 12.1 Å². The molecule has 0 radical (unpaired) electrons. The molecule has 1 heterocycles. The molecule has 0 amide bonds. The van der Waals surface area contributed by atoms with E-state index in [1.54, 1.807) is 0 Å². The largest absolute Gasteiger partial charge is 0.468 e. The predicted octanol–water partition coefficient (Wildman–Crippen LogP) is 0.0242. The average molecular weight is 185 g/mol. The number of carbonyl (C=O) groups excluding carboxylic acids is 1. The van der Waals surface area contributed by atoms with Gasteiger partial charge in [-0.1, -0.05) is 0 Å². The summed E-state index contributed by atoms with van der Waals surface area (Å²) in [5.41, 5.74) is 0.187. The van der Waals surface area contributed by atoms with Crippen LogP contribution < -0.4 is 0 Å². The van der Waals surface area contributed by atoms with E-state index >= 15 is 0 Å². The Morgan fingerprint density at radius 2 is 2.38 bits per heavy atom. The summed E-state index contributed by atoms with van der Waals surface area (Å²) >= 11 is 0. The molecule has 1 aliphatic carbocycles. The van der Waals surface area contributed by atoms with Gasteiger partial charge in [0.05, 0.1) is 26.9 Å². The third kappa shape index (κ3) is 1.69. The van der Waals surface area contributed by atoms with E-state index in [9.17, 15) is 4.79 Å². The Morgan fingerprint density at radius 3 is 3.00 bits per heavy atom. The van der Waals surface area contributed by atoms with Crippen molar-refractivity contribution in [2.75, 3.05) is 33.4 Å². The van der Waals surface area contributed by atoms with E-state index in [-0.39, 0.29) is 11.5 Å². The van der Waals surface area contributed by atoms with Crippen LogP contribution >= 0.6 is 0 Å². The number of rotatable bonds is 2. The van der Waals surface area contributed by atoms with Crippen molar-refractivity contribution >= 4 is 5.97 Å². The van der Waals surface area contributed by atoms with Crippen LogP contribution in [-0.2, 0) is 14.3 Å². The van der Waals surface area contributed by atoms with Gasteiger partial charge in [-0.25, -0.2) is 0 Å². The van der Waals surface area contributed by atoms with E-state index in [4.69, 9.17) is 4.74 Å². The fraction of sp³-hybridized carbons (Fsp3) is 0.889. The van der Waals surface area contributed by atoms with Crippen LogP contribution in [0.2, 0.25) is 0 Å². The van der Waals surface area contributed by atoms with E-state index in [0.29, 0.717) is 6.54 Å². The van der Waals surface area contributed by atoms with Crippen molar-refractivity contribution in [3.05, 3.63) is 0 Å². The van der Waals surface area contributed by atoms with E-state index in [2.05, 4.69) is 9.64 Å². The second-order valence-electron chi connectivity index (χ2n) is 3.77. The first-order valence-electron chi connectivity index (χ1n) is 4.66. The van der Waals surface area contributed by atoms with Gasteiger partial charge in [0.25, 0.3) is 0 Å². The Labute approximate surface area is 77.8 Å². The number of morpholine rings is 1. The summed E-state index contributed by atoms with van der Waals surface area (Å²) in [5.74, 6) is -0.145. The minimum atomic E-state index is -0.145. The number of methoxy groups -OCH3 is 1. The molecule has 0 aromatic rings. The fourth-order valence-electron chi connectivity index (χ4n) is 1.84. The summed E-state index contributed by atoms with van der Waals surface area (Å²) in [7, 11) is 1.43. The fourth-order valence-corrected chi connectivity index (χ4v) is 1.84. The zero-order chi connectivity index (χ0) is 9.31. The van der Waals surface area contributed by atoms with Crippen molar-refractivity contribution in [3.63, 3.8) is 0 Å². The highest BCUT2D eigenvalue weighted by molar-refractivity contribution is 5.71. The highest BCUT2D eigenvalue weighted by Gasteiger charge is 2.50. The minimum absolute atomic E-state index is 0.145. The molecule has 1 spiro atoms. The van der Waals surface area contributed by atoms with Crippen molar-refractivity contribution < 1.29 is 14.3 Å². The third-order valence-corrected chi connectivity index (χ3v) is 2.92. The monoisotopic (exact) mass is 185 g/mol. The van der Waals surface area contributed by atoms with Crippen molar-refractivity contribution in [1.82, 2.24) is 4.90 Å². The zero-order valence-electron chi connectivity index (χ0n) is 7.91. The molecule has 0 N–H and O–H groups in total. The van der Waals surface area contributed by atoms with Crippen molar-refractivity contribution in [2.24, 2.45) is 0 Å². The van der Waals surface area contributed by atoms with Gasteiger partial charge in [0.1, 0.15) is 0 Å². The maximum absolute atomic E-state index is 11.1. The Balaban J connectivity index is 1.92. The molecule has 2 rings (SSSR count). The van der Waals surface area contributed by atoms with Gasteiger partial charge in [0.2, 0.25) is 0 Å². The first-order chi connectivity index (χ1) is 6.27. The summed E-state index contributed by atoms with van der Waals surface area (Å²) in [6.07, 6.45) is 2.31. The molecule has 1 saturated heterocycles. The summed E-state index contributed by atoms with van der Waals surface area (Å²) in [4.78, 5) is 13.3. The van der Waals surface area contributed by atoms with E-state index in [1.165, 1.54) is 7.11 Å². The van der Waals surface area contributed by atoms with Gasteiger partial charge in [-0.2, -0.15) is 0 Å². The Kier molecular flexibility index (Phi) is 2.26. The molecule has 0 aromatic carbocycles. The molecular weight excluding hydrogens is 170 g/mol. The van der Waals surface area contributed by atoms with Crippen LogP contribution in [0.5, 0.6) is 0 Å². The standard InChI is InChI=1S/C9H15NO3/c1-12-8(11)6-10-4-5-13-7-9(10)2-3-9/h2-7H2,1H3. The van der Waals surface area contributed by atoms with E-state index < -0.39 is 0 Å². The molecule has 2 fully saturated rings. The number of ether oxygens (including phenoxy) is 2. The summed E-state index contributed by atoms with van der Waals surface area (Å²) in [6.45, 7) is 2.79. The third-order valence-electron chi connectivity index (χ3n) is 2.92. The first kappa shape index (κ1) is 8.97. The number of esters is 1. The smallest absolute Gasteiger partial charge is 0.319 e. The number of nitrogens with zero attached hydrogens (tertiary/aromatic N) is 1. The van der Waals surface area contributed by atoms with Crippen LogP contribution in [0.25, 0.3) is 0 Å². The lowest BCUT2D eigenvalue weighted by molar-refractivity contribution is -0.144. The highest BCUT2D eigenvalue weighted by atomic mass is 16.5. The van der Waals surface area contributed by atoms with E-state index in [0.717, 1.165) is 32.6 Å². The zero-order valence-corrected chi connectivity index (χ0v) is 7.91. The molecule has 4 nitrogen and oxygen atoms in total. The Bertz CT molecular complexity index is 213. The Hall–Kier alpha value is -0.610. The van der Waals surface area contributed by atoms with Gasteiger partial charge in [0.15, 0.2) is 0 Å². The average Bonchev–Trinajstić information content (AvgIpc) is 2.90. The number of hydrogen-bond donors (Lipinski definition) is 0. The van der Waals surface area contributed by atoms with Crippen molar-refractivity contribution in [3.8, 4) is 0 Å². The van der Waals surface area contributed by atoms with Crippen molar-refractivity contribution in [2.45, 2.75) is 18.4 Å². The van der Waals surface area contributed by atoms with Gasteiger partial charge in [-0.05, 0) is 12.8 Å². The quantitative estimate of drug-likeness (QED) is 0.569. The van der Waals surface area contributed by atoms with Gasteiger partial charge >= 0.3 is 5.97 Å². The van der Waals surface area contributed by atoms with Gasteiger partial charge in [-0.15, -0.1) is 0 Å². The second kappa shape index (κ2) is 3.27. The molecule has 1 saturated carbocycles. The normalized spacial score (nSPS) is 25.9. The lowest BCUT2D eigenvalue weighted by Gasteiger charge is -2.34. The highest BCUT2D eigenvalue weighted by Crippen LogP contribution is 2.43. The summed E-state index contributed by atoms with van der Waals surface area (Å²) in [6, 6.07) is 0. The molecule has 74 valence electrons. The summed E-state index contributed by atoms with van der Waals surface area (Å²) in [5, 5.41) is 0. The van der Waals surface area contributed by atoms with Gasteiger partial charge < -0.3 is 9.47 Å². The van der Waals surface area contributed by atoms with E-state index in [1.807, 2.05) is 0 Å². The predicted molar refractivity (Wildman–Crippen MR) is 46.4 cm³/mol. The first-order valence-corrected chi connectivity index (χ1v) is 4.66.